The van der Waals surface area contributed by atoms with Crippen LogP contribution in [0.25, 0.3) is 16.0 Å². The molecule has 0 bridgehead atoms. The molecule has 3 aromatic carbocycles. The number of rotatable bonds is 3. The van der Waals surface area contributed by atoms with Crippen LogP contribution in [0.2, 0.25) is 0 Å². The summed E-state index contributed by atoms with van der Waals surface area (Å²) in [5.74, 6) is 1.96. The van der Waals surface area contributed by atoms with Gasteiger partial charge in [-0.1, -0.05) is 150 Å². The van der Waals surface area contributed by atoms with E-state index in [1.165, 1.54) is 33.4 Å². The molecule has 14 heteroatoms. The van der Waals surface area contributed by atoms with Crippen molar-refractivity contribution in [1.82, 2.24) is 0 Å². The van der Waals surface area contributed by atoms with Gasteiger partial charge in [0.05, 0.1) is 18.3 Å². The van der Waals surface area contributed by atoms with Crippen LogP contribution in [0.4, 0.5) is 0 Å². The van der Waals surface area contributed by atoms with Crippen molar-refractivity contribution in [2.24, 2.45) is 0 Å². The van der Waals surface area contributed by atoms with Gasteiger partial charge < -0.3 is 51.3 Å². The molecular weight excluding hydrogens is 1010 g/mol. The summed E-state index contributed by atoms with van der Waals surface area (Å²) in [6, 6.07) is 26.1. The number of aliphatic hydroxyl groups excluding tert-OH is 6. The molecule has 0 aliphatic carbocycles. The number of nitrogens with zero attached hydrogens (tertiary/aromatic N) is 3. The first kappa shape index (κ1) is 67.8. The average Bonchev–Trinajstić information content (AvgIpc) is 3.14. The fourth-order valence-electron chi connectivity index (χ4n) is 5.24. The summed E-state index contributed by atoms with van der Waals surface area (Å²) in [4.78, 5) is 0. The van der Waals surface area contributed by atoms with Gasteiger partial charge in [-0.3, -0.25) is 0 Å². The van der Waals surface area contributed by atoms with Crippen molar-refractivity contribution in [2.75, 3.05) is 19.6 Å². The van der Waals surface area contributed by atoms with Crippen molar-refractivity contribution in [2.45, 2.75) is 156 Å². The molecule has 59 heavy (non-hydrogen) atoms. The van der Waals surface area contributed by atoms with E-state index in [-0.39, 0.29) is 82.0 Å². The Bertz CT molecular complexity index is 1170. The van der Waals surface area contributed by atoms with Gasteiger partial charge in [0.25, 0.3) is 0 Å². The summed E-state index contributed by atoms with van der Waals surface area (Å²) >= 11 is 0. The number of hydrogen-bond acceptors (Lipinski definition) is 6. The van der Waals surface area contributed by atoms with Crippen LogP contribution in [-0.4, -0.2) is 87.3 Å². The van der Waals surface area contributed by atoms with Gasteiger partial charge in [0, 0.05) is 58.4 Å². The van der Waals surface area contributed by atoms with Crippen molar-refractivity contribution in [3.05, 3.63) is 122 Å². The van der Waals surface area contributed by atoms with E-state index >= 15 is 0 Å². The van der Waals surface area contributed by atoms with E-state index in [0.717, 1.165) is 19.3 Å². The number of aryl methyl sites for hydroxylation is 3. The molecule has 338 valence electrons. The second-order valence-corrected chi connectivity index (χ2v) is 15.3. The molecule has 0 saturated carbocycles. The van der Waals surface area contributed by atoms with Crippen LogP contribution in [0.1, 0.15) is 131 Å². The first-order valence-corrected chi connectivity index (χ1v) is 19.8. The quantitative estimate of drug-likeness (QED) is 0.221. The molecule has 0 aromatic heterocycles. The summed E-state index contributed by atoms with van der Waals surface area (Å²) in [5.41, 5.74) is 8.28. The Balaban J connectivity index is -0.000000195. The molecule has 0 amide bonds. The summed E-state index contributed by atoms with van der Waals surface area (Å²) in [5, 5.41) is 63.9. The maximum absolute atomic E-state index is 8.83. The number of aliphatic hydroxyl groups is 6. The van der Waals surface area contributed by atoms with Crippen LogP contribution in [0, 0.1) is 20.8 Å². The van der Waals surface area contributed by atoms with Crippen LogP contribution in [0.15, 0.2) is 72.8 Å². The van der Waals surface area contributed by atoms with E-state index in [9.17, 15) is 0 Å². The van der Waals surface area contributed by atoms with Crippen LogP contribution in [-0.2, 0) is 58.4 Å². The summed E-state index contributed by atoms with van der Waals surface area (Å²) in [7, 11) is 0. The van der Waals surface area contributed by atoms with Crippen molar-refractivity contribution >= 4 is 0 Å². The molecule has 0 spiro atoms. The number of piperidine rings is 3. The molecule has 6 N–H and O–H groups in total. The number of hydrogen-bond donors (Lipinski definition) is 6. The molecule has 3 aliphatic heterocycles. The van der Waals surface area contributed by atoms with Crippen molar-refractivity contribution < 1.29 is 113 Å². The number of benzene rings is 3. The second kappa shape index (κ2) is 39.3. The monoisotopic (exact) mass is 1080 g/mol. The standard InChI is InChI=1S/3C10H14.3C5H10NO2.FH.Li.3Ru/c3*1-8(2)10-6-4-9(3)5-7-10;3*7-4-2-1-3-6-5(4)8;;;;;/h3*4-8H,1-3H3;3*4-5,7-8H,1-3H2;1H;;;;/q;;;3*-1;;+1;;;/p-1. The van der Waals surface area contributed by atoms with Gasteiger partial charge in [0.1, 0.15) is 0 Å². The maximum atomic E-state index is 8.83. The smallest absolute Gasteiger partial charge is 1.00 e. The normalized spacial score (nSPS) is 21.5. The van der Waals surface area contributed by atoms with Crippen LogP contribution < -0.4 is 23.6 Å². The molecule has 3 heterocycles. The van der Waals surface area contributed by atoms with Crippen LogP contribution in [0.5, 0.6) is 0 Å². The third kappa shape index (κ3) is 32.1. The molecule has 6 unspecified atom stereocenters. The third-order valence-electron chi connectivity index (χ3n) is 9.19. The van der Waals surface area contributed by atoms with Gasteiger partial charge >= 0.3 is 18.9 Å². The van der Waals surface area contributed by atoms with Gasteiger partial charge in [0.2, 0.25) is 0 Å². The first-order chi connectivity index (χ1) is 25.5. The first-order valence-electron chi connectivity index (χ1n) is 19.8. The Morgan fingerprint density at radius 1 is 0.407 bits per heavy atom. The Labute approximate surface area is 407 Å². The fraction of sp³-hybridized carbons (Fsp3) is 0.600. The zero-order valence-corrected chi connectivity index (χ0v) is 42.2. The molecule has 3 aliphatic rings. The molecule has 3 aromatic rings. The van der Waals surface area contributed by atoms with Gasteiger partial charge in [0.15, 0.2) is 0 Å². The van der Waals surface area contributed by atoms with Crippen molar-refractivity contribution in [1.29, 1.82) is 0 Å². The Kier molecular flexibility index (Phi) is 45.1. The molecule has 3 fully saturated rings. The summed E-state index contributed by atoms with van der Waals surface area (Å²) in [6.07, 6.45) is 0.488. The van der Waals surface area contributed by atoms with E-state index in [0.29, 0.717) is 56.7 Å². The molecule has 6 rings (SSSR count). The minimum Gasteiger partial charge on any atom is -1.00 e. The predicted octanol–water partition coefficient (Wildman–Crippen LogP) is 2.86. The minimum absolute atomic E-state index is 0. The molecule has 3 saturated heterocycles. The van der Waals surface area contributed by atoms with E-state index in [2.05, 4.69) is 151 Å². The van der Waals surface area contributed by atoms with E-state index in [4.69, 9.17) is 30.6 Å². The summed E-state index contributed by atoms with van der Waals surface area (Å²) in [6.45, 7) is 21.7. The van der Waals surface area contributed by atoms with Crippen molar-refractivity contribution in [3.63, 3.8) is 0 Å². The minimum atomic E-state index is -0.816. The zero-order valence-electron chi connectivity index (χ0n) is 37.0. The van der Waals surface area contributed by atoms with Gasteiger partial charge in [-0.15, -0.1) is 19.6 Å². The van der Waals surface area contributed by atoms with E-state index in [1.807, 2.05) is 0 Å². The zero-order chi connectivity index (χ0) is 40.6. The van der Waals surface area contributed by atoms with Crippen LogP contribution in [0.3, 0.4) is 0 Å². The Morgan fingerprint density at radius 3 is 0.712 bits per heavy atom. The van der Waals surface area contributed by atoms with Gasteiger partial charge in [-0.25, -0.2) is 0 Å². The largest absolute Gasteiger partial charge is 1.00 e. The maximum Gasteiger partial charge on any atom is 1.00 e. The second-order valence-electron chi connectivity index (χ2n) is 15.3. The van der Waals surface area contributed by atoms with Crippen molar-refractivity contribution in [3.8, 4) is 0 Å². The Morgan fingerprint density at radius 2 is 0.593 bits per heavy atom. The van der Waals surface area contributed by atoms with Crippen LogP contribution >= 0.6 is 0 Å². The van der Waals surface area contributed by atoms with E-state index in [1.54, 1.807) is 0 Å². The topological polar surface area (TPSA) is 164 Å². The fourth-order valence-corrected chi connectivity index (χ4v) is 5.24. The molecular formula is C45H72FLiN3O6Ru3-3. The molecule has 0 radical (unpaired) electrons. The number of halogens is 1. The van der Waals surface area contributed by atoms with E-state index < -0.39 is 37.0 Å². The average molecular weight is 1080 g/mol. The van der Waals surface area contributed by atoms with Gasteiger partial charge in [-0.05, 0) is 93.2 Å². The Hall–Kier alpha value is -0.302. The molecule has 6 atom stereocenters. The molecule has 9 nitrogen and oxygen atoms in total. The third-order valence-corrected chi connectivity index (χ3v) is 9.19. The SMILES string of the molecule is Cc1ccc(C(C)C)cc1.Cc1ccc(C(C)C)cc1.Cc1ccc(C(C)C)cc1.OC1CCC[N-]C1O.OC1CCC[N-]C1O.OC1CCC[N-]C1O.[F-].[Li+].[Ru].[Ru].[Ru]. The van der Waals surface area contributed by atoms with Gasteiger partial charge in [-0.2, -0.15) is 0 Å². The predicted molar refractivity (Wildman–Crippen MR) is 224 cm³/mol. The summed E-state index contributed by atoms with van der Waals surface area (Å²) < 4.78 is 0.